The normalized spacial score (nSPS) is 16.7. The standard InChI is InChI=1S/C9H17NO4S/c1-10(8-5-6-8)15(12,13)7-3-4-9(11)14-2/h8H,3-7H2,1-2H3. The van der Waals surface area contributed by atoms with Gasteiger partial charge >= 0.3 is 5.97 Å². The SMILES string of the molecule is COC(=O)CCCS(=O)(=O)N(C)C1CC1. The van der Waals surface area contributed by atoms with Crippen LogP contribution in [0.5, 0.6) is 0 Å². The van der Waals surface area contributed by atoms with Crippen LogP contribution in [0, 0.1) is 0 Å². The highest BCUT2D eigenvalue weighted by Gasteiger charge is 2.33. The van der Waals surface area contributed by atoms with E-state index in [1.165, 1.54) is 11.4 Å². The van der Waals surface area contributed by atoms with E-state index in [1.807, 2.05) is 0 Å². The molecule has 88 valence electrons. The fourth-order valence-corrected chi connectivity index (χ4v) is 2.77. The summed E-state index contributed by atoms with van der Waals surface area (Å²) in [6, 6.07) is 0.188. The van der Waals surface area contributed by atoms with Crippen molar-refractivity contribution in [2.75, 3.05) is 19.9 Å². The van der Waals surface area contributed by atoms with Crippen LogP contribution < -0.4 is 0 Å². The fourth-order valence-electron chi connectivity index (χ4n) is 1.31. The van der Waals surface area contributed by atoms with Gasteiger partial charge in [-0.15, -0.1) is 0 Å². The van der Waals surface area contributed by atoms with Crippen molar-refractivity contribution in [1.82, 2.24) is 4.31 Å². The average Bonchev–Trinajstić information content (AvgIpc) is 2.99. The first-order valence-electron chi connectivity index (χ1n) is 5.00. The Labute approximate surface area is 90.4 Å². The van der Waals surface area contributed by atoms with Gasteiger partial charge in [-0.05, 0) is 19.3 Å². The Balaban J connectivity index is 2.32. The first-order chi connectivity index (χ1) is 6.97. The number of hydrogen-bond donors (Lipinski definition) is 0. The molecule has 1 fully saturated rings. The Morgan fingerprint density at radius 1 is 1.47 bits per heavy atom. The summed E-state index contributed by atoms with van der Waals surface area (Å²) in [5.41, 5.74) is 0. The summed E-state index contributed by atoms with van der Waals surface area (Å²) in [6.07, 6.45) is 2.39. The second-order valence-corrected chi connectivity index (χ2v) is 5.89. The monoisotopic (exact) mass is 235 g/mol. The fraction of sp³-hybridized carbons (Fsp3) is 0.889. The molecule has 0 saturated heterocycles. The smallest absolute Gasteiger partial charge is 0.305 e. The molecule has 0 N–H and O–H groups in total. The minimum absolute atomic E-state index is 0.0229. The number of ether oxygens (including phenoxy) is 1. The van der Waals surface area contributed by atoms with Crippen LogP contribution in [0.3, 0.4) is 0 Å². The lowest BCUT2D eigenvalue weighted by atomic mass is 10.3. The van der Waals surface area contributed by atoms with Gasteiger partial charge in [-0.3, -0.25) is 4.79 Å². The molecule has 15 heavy (non-hydrogen) atoms. The third-order valence-corrected chi connectivity index (χ3v) is 4.49. The van der Waals surface area contributed by atoms with E-state index >= 15 is 0 Å². The van der Waals surface area contributed by atoms with Crippen molar-refractivity contribution in [2.24, 2.45) is 0 Å². The molecule has 0 aromatic carbocycles. The van der Waals surface area contributed by atoms with Crippen LogP contribution in [0.2, 0.25) is 0 Å². The van der Waals surface area contributed by atoms with Crippen molar-refractivity contribution in [1.29, 1.82) is 0 Å². The van der Waals surface area contributed by atoms with E-state index in [0.29, 0.717) is 6.42 Å². The van der Waals surface area contributed by atoms with Crippen LogP contribution in [-0.2, 0) is 19.6 Å². The third kappa shape index (κ3) is 3.79. The Bertz CT molecular complexity index is 321. The minimum atomic E-state index is -3.18. The lowest BCUT2D eigenvalue weighted by Crippen LogP contribution is -2.31. The van der Waals surface area contributed by atoms with Crippen LogP contribution >= 0.6 is 0 Å². The molecule has 0 bridgehead atoms. The van der Waals surface area contributed by atoms with E-state index in [9.17, 15) is 13.2 Å². The third-order valence-electron chi connectivity index (χ3n) is 2.51. The minimum Gasteiger partial charge on any atom is -0.469 e. The highest BCUT2D eigenvalue weighted by atomic mass is 32.2. The molecule has 0 aromatic heterocycles. The molecule has 1 aliphatic carbocycles. The summed E-state index contributed by atoms with van der Waals surface area (Å²) in [7, 11) is -0.274. The number of sulfonamides is 1. The van der Waals surface area contributed by atoms with Crippen molar-refractivity contribution < 1.29 is 17.9 Å². The van der Waals surface area contributed by atoms with Gasteiger partial charge in [0.05, 0.1) is 12.9 Å². The summed E-state index contributed by atoms with van der Waals surface area (Å²) in [5.74, 6) is -0.339. The molecular formula is C9H17NO4S. The molecule has 0 aliphatic heterocycles. The van der Waals surface area contributed by atoms with Gasteiger partial charge in [-0.2, -0.15) is 0 Å². The predicted octanol–water partition coefficient (Wildman–Crippen LogP) is 0.364. The molecule has 0 spiro atoms. The molecule has 0 unspecified atom stereocenters. The van der Waals surface area contributed by atoms with E-state index in [4.69, 9.17) is 0 Å². The number of rotatable bonds is 6. The van der Waals surface area contributed by atoms with Gasteiger partial charge in [-0.1, -0.05) is 0 Å². The first-order valence-corrected chi connectivity index (χ1v) is 6.61. The second kappa shape index (κ2) is 4.94. The molecule has 0 aromatic rings. The van der Waals surface area contributed by atoms with Crippen LogP contribution in [-0.4, -0.2) is 44.6 Å². The number of hydrogen-bond acceptors (Lipinski definition) is 4. The topological polar surface area (TPSA) is 63.7 Å². The Morgan fingerprint density at radius 2 is 2.07 bits per heavy atom. The lowest BCUT2D eigenvalue weighted by molar-refractivity contribution is -0.140. The van der Waals surface area contributed by atoms with E-state index in [0.717, 1.165) is 12.8 Å². The highest BCUT2D eigenvalue weighted by Crippen LogP contribution is 2.27. The summed E-state index contributed by atoms with van der Waals surface area (Å²) < 4.78 is 29.2. The number of esters is 1. The molecule has 1 aliphatic rings. The van der Waals surface area contributed by atoms with E-state index in [-0.39, 0.29) is 24.2 Å². The molecule has 0 radical (unpaired) electrons. The zero-order chi connectivity index (χ0) is 11.5. The maximum Gasteiger partial charge on any atom is 0.305 e. The van der Waals surface area contributed by atoms with Gasteiger partial charge in [-0.25, -0.2) is 12.7 Å². The Morgan fingerprint density at radius 3 is 2.53 bits per heavy atom. The van der Waals surface area contributed by atoms with Gasteiger partial charge in [0.15, 0.2) is 0 Å². The largest absolute Gasteiger partial charge is 0.469 e. The molecule has 0 atom stereocenters. The number of nitrogens with zero attached hydrogens (tertiary/aromatic N) is 1. The average molecular weight is 235 g/mol. The summed E-state index contributed by atoms with van der Waals surface area (Å²) in [5, 5.41) is 0. The zero-order valence-electron chi connectivity index (χ0n) is 9.10. The summed E-state index contributed by atoms with van der Waals surface area (Å²) >= 11 is 0. The molecule has 5 nitrogen and oxygen atoms in total. The molecular weight excluding hydrogens is 218 g/mol. The van der Waals surface area contributed by atoms with Crippen LogP contribution in [0.4, 0.5) is 0 Å². The number of carbonyl (C=O) groups excluding carboxylic acids is 1. The van der Waals surface area contributed by atoms with Crippen molar-refractivity contribution >= 4 is 16.0 Å². The zero-order valence-corrected chi connectivity index (χ0v) is 9.92. The van der Waals surface area contributed by atoms with Gasteiger partial charge < -0.3 is 4.74 Å². The summed E-state index contributed by atoms with van der Waals surface area (Å²) in [4.78, 5) is 10.8. The molecule has 0 heterocycles. The van der Waals surface area contributed by atoms with Gasteiger partial charge in [0.1, 0.15) is 0 Å². The van der Waals surface area contributed by atoms with Crippen LogP contribution in [0.15, 0.2) is 0 Å². The lowest BCUT2D eigenvalue weighted by Gasteiger charge is -2.15. The molecule has 1 saturated carbocycles. The van der Waals surface area contributed by atoms with E-state index in [2.05, 4.69) is 4.74 Å². The van der Waals surface area contributed by atoms with E-state index in [1.54, 1.807) is 7.05 Å². The molecule has 0 amide bonds. The quantitative estimate of drug-likeness (QED) is 0.624. The molecule has 6 heteroatoms. The van der Waals surface area contributed by atoms with Gasteiger partial charge in [0.25, 0.3) is 0 Å². The number of carbonyl (C=O) groups is 1. The predicted molar refractivity (Wildman–Crippen MR) is 55.8 cm³/mol. The van der Waals surface area contributed by atoms with Crippen molar-refractivity contribution in [2.45, 2.75) is 31.7 Å². The van der Waals surface area contributed by atoms with Crippen molar-refractivity contribution in [3.63, 3.8) is 0 Å². The Hall–Kier alpha value is -0.620. The summed E-state index contributed by atoms with van der Waals surface area (Å²) in [6.45, 7) is 0. The van der Waals surface area contributed by atoms with Crippen molar-refractivity contribution in [3.8, 4) is 0 Å². The maximum absolute atomic E-state index is 11.7. The second-order valence-electron chi connectivity index (χ2n) is 3.74. The van der Waals surface area contributed by atoms with Crippen molar-refractivity contribution in [3.05, 3.63) is 0 Å². The highest BCUT2D eigenvalue weighted by molar-refractivity contribution is 7.89. The van der Waals surface area contributed by atoms with Gasteiger partial charge in [0, 0.05) is 19.5 Å². The van der Waals surface area contributed by atoms with Gasteiger partial charge in [0.2, 0.25) is 10.0 Å². The number of methoxy groups -OCH3 is 1. The Kier molecular flexibility index (Phi) is 4.10. The molecule has 1 rings (SSSR count). The first kappa shape index (κ1) is 12.4. The maximum atomic E-state index is 11.7. The van der Waals surface area contributed by atoms with Crippen LogP contribution in [0.1, 0.15) is 25.7 Å². The van der Waals surface area contributed by atoms with E-state index < -0.39 is 10.0 Å². The van der Waals surface area contributed by atoms with Crippen LogP contribution in [0.25, 0.3) is 0 Å².